The second kappa shape index (κ2) is 14.6. The summed E-state index contributed by atoms with van der Waals surface area (Å²) in [5.41, 5.74) is 3.08. The van der Waals surface area contributed by atoms with Gasteiger partial charge in [0.2, 0.25) is 11.8 Å². The van der Waals surface area contributed by atoms with E-state index in [1.54, 1.807) is 25.3 Å². The lowest BCUT2D eigenvalue weighted by Gasteiger charge is -2.20. The molecule has 1 unspecified atom stereocenters. The molecule has 0 bridgehead atoms. The molecule has 1 atom stereocenters. The summed E-state index contributed by atoms with van der Waals surface area (Å²) < 4.78 is 11.1. The van der Waals surface area contributed by atoms with Crippen LogP contribution in [0.5, 0.6) is 11.5 Å². The van der Waals surface area contributed by atoms with E-state index in [2.05, 4.69) is 15.6 Å². The summed E-state index contributed by atoms with van der Waals surface area (Å²) >= 11 is 12.1. The maximum Gasteiger partial charge on any atom is 0.220 e. The molecule has 9 heteroatoms. The second-order valence-corrected chi connectivity index (χ2v) is 10.3. The van der Waals surface area contributed by atoms with Crippen molar-refractivity contribution in [3.8, 4) is 11.5 Å². The SMILES string of the molecule is COc1ccccc1CCC(=O)NCC(Cc1c[nH]c2ccccc12)NC(=O)CCCOc1ccc(Cl)cc1Cl. The summed E-state index contributed by atoms with van der Waals surface area (Å²) in [5, 5.41) is 8.15. The van der Waals surface area contributed by atoms with E-state index < -0.39 is 0 Å². The predicted octanol–water partition coefficient (Wildman–Crippen LogP) is 6.12. The van der Waals surface area contributed by atoms with Crippen molar-refractivity contribution in [3.05, 3.63) is 94.1 Å². The minimum atomic E-state index is -0.284. The van der Waals surface area contributed by atoms with Crippen LogP contribution in [0.25, 0.3) is 10.9 Å². The van der Waals surface area contributed by atoms with Gasteiger partial charge in [0.1, 0.15) is 11.5 Å². The molecule has 1 aromatic heterocycles. The van der Waals surface area contributed by atoms with Crippen LogP contribution >= 0.6 is 23.2 Å². The number of ether oxygens (including phenoxy) is 2. The lowest BCUT2D eigenvalue weighted by molar-refractivity contribution is -0.123. The first-order valence-corrected chi connectivity index (χ1v) is 14.0. The number of nitrogens with one attached hydrogen (secondary N) is 3. The molecule has 1 heterocycles. The Kier molecular flexibility index (Phi) is 10.7. The van der Waals surface area contributed by atoms with Gasteiger partial charge in [-0.05, 0) is 60.7 Å². The molecule has 0 radical (unpaired) electrons. The molecule has 40 heavy (non-hydrogen) atoms. The smallest absolute Gasteiger partial charge is 0.220 e. The quantitative estimate of drug-likeness (QED) is 0.156. The molecule has 4 aromatic rings. The van der Waals surface area contributed by atoms with Crippen LogP contribution in [0.1, 0.15) is 30.4 Å². The van der Waals surface area contributed by atoms with Crippen LogP contribution < -0.4 is 20.1 Å². The first kappa shape index (κ1) is 29.3. The fourth-order valence-electron chi connectivity index (χ4n) is 4.53. The van der Waals surface area contributed by atoms with Gasteiger partial charge in [-0.2, -0.15) is 0 Å². The van der Waals surface area contributed by atoms with Gasteiger partial charge in [-0.3, -0.25) is 9.59 Å². The van der Waals surface area contributed by atoms with Crippen molar-refractivity contribution in [1.82, 2.24) is 15.6 Å². The average molecular weight is 583 g/mol. The van der Waals surface area contributed by atoms with E-state index in [0.717, 1.165) is 27.8 Å². The number of halogens is 2. The summed E-state index contributed by atoms with van der Waals surface area (Å²) in [6.07, 6.45) is 4.19. The van der Waals surface area contributed by atoms with Crippen LogP contribution in [0.15, 0.2) is 72.9 Å². The largest absolute Gasteiger partial charge is 0.496 e. The van der Waals surface area contributed by atoms with Gasteiger partial charge in [0.15, 0.2) is 0 Å². The zero-order valence-corrected chi connectivity index (χ0v) is 23.9. The van der Waals surface area contributed by atoms with Gasteiger partial charge >= 0.3 is 0 Å². The van der Waals surface area contributed by atoms with E-state index in [0.29, 0.717) is 54.6 Å². The van der Waals surface area contributed by atoms with Crippen LogP contribution in [-0.2, 0) is 22.4 Å². The number of para-hydroxylation sites is 2. The van der Waals surface area contributed by atoms with Gasteiger partial charge in [-0.15, -0.1) is 0 Å². The number of aryl methyl sites for hydroxylation is 1. The van der Waals surface area contributed by atoms with Crippen molar-refractivity contribution in [2.75, 3.05) is 20.3 Å². The Morgan fingerprint density at radius 2 is 1.73 bits per heavy atom. The Hall–Kier alpha value is -3.68. The summed E-state index contributed by atoms with van der Waals surface area (Å²) in [6, 6.07) is 20.4. The second-order valence-electron chi connectivity index (χ2n) is 9.47. The fraction of sp³-hybridized carbons (Fsp3) is 0.290. The molecule has 0 aliphatic rings. The first-order chi connectivity index (χ1) is 19.4. The van der Waals surface area contributed by atoms with E-state index >= 15 is 0 Å². The Labute approximate surface area is 244 Å². The van der Waals surface area contributed by atoms with Crippen LogP contribution in [0.4, 0.5) is 0 Å². The molecule has 0 fully saturated rings. The number of benzene rings is 3. The topological polar surface area (TPSA) is 92.5 Å². The number of rotatable bonds is 14. The van der Waals surface area contributed by atoms with Crippen LogP contribution in [-0.4, -0.2) is 43.1 Å². The number of methoxy groups -OCH3 is 1. The highest BCUT2D eigenvalue weighted by Crippen LogP contribution is 2.27. The highest BCUT2D eigenvalue weighted by molar-refractivity contribution is 6.35. The van der Waals surface area contributed by atoms with E-state index in [4.69, 9.17) is 32.7 Å². The molecule has 0 saturated heterocycles. The summed E-state index contributed by atoms with van der Waals surface area (Å²) in [4.78, 5) is 28.8. The van der Waals surface area contributed by atoms with Gasteiger partial charge in [-0.1, -0.05) is 59.6 Å². The average Bonchev–Trinajstić information content (AvgIpc) is 3.36. The predicted molar refractivity (Wildman–Crippen MR) is 159 cm³/mol. The number of aromatic amines is 1. The van der Waals surface area contributed by atoms with Gasteiger partial charge in [0.05, 0.1) is 24.8 Å². The molecule has 3 N–H and O–H groups in total. The van der Waals surface area contributed by atoms with Crippen LogP contribution in [0.3, 0.4) is 0 Å². The lowest BCUT2D eigenvalue weighted by atomic mass is 10.0. The van der Waals surface area contributed by atoms with Crippen LogP contribution in [0, 0.1) is 0 Å². The number of H-pyrrole nitrogens is 1. The molecule has 4 rings (SSSR count). The zero-order valence-electron chi connectivity index (χ0n) is 22.3. The van der Waals surface area contributed by atoms with E-state index in [-0.39, 0.29) is 24.3 Å². The molecule has 0 aliphatic carbocycles. The van der Waals surface area contributed by atoms with Crippen molar-refractivity contribution in [1.29, 1.82) is 0 Å². The summed E-state index contributed by atoms with van der Waals surface area (Å²) in [6.45, 7) is 0.647. The maximum absolute atomic E-state index is 12.8. The third-order valence-electron chi connectivity index (χ3n) is 6.57. The normalized spacial score (nSPS) is 11.7. The monoisotopic (exact) mass is 581 g/mol. The molecule has 0 spiro atoms. The van der Waals surface area contributed by atoms with Gasteiger partial charge < -0.3 is 25.1 Å². The molecular weight excluding hydrogens is 549 g/mol. The van der Waals surface area contributed by atoms with E-state index in [1.165, 1.54) is 0 Å². The van der Waals surface area contributed by atoms with Crippen LogP contribution in [0.2, 0.25) is 10.0 Å². The third kappa shape index (κ3) is 8.41. The van der Waals surface area contributed by atoms with Gasteiger partial charge in [0, 0.05) is 41.5 Å². The molecular formula is C31H33Cl2N3O4. The zero-order chi connectivity index (χ0) is 28.3. The number of carbonyl (C=O) groups is 2. The molecule has 3 aromatic carbocycles. The Balaban J connectivity index is 1.31. The summed E-state index contributed by atoms with van der Waals surface area (Å²) in [5.74, 6) is 1.10. The maximum atomic E-state index is 12.8. The number of hydrogen-bond acceptors (Lipinski definition) is 4. The van der Waals surface area contributed by atoms with Crippen molar-refractivity contribution in [2.24, 2.45) is 0 Å². The Morgan fingerprint density at radius 3 is 2.55 bits per heavy atom. The number of aromatic nitrogens is 1. The molecule has 0 aliphatic heterocycles. The number of carbonyl (C=O) groups excluding carboxylic acids is 2. The number of hydrogen-bond donors (Lipinski definition) is 3. The number of amides is 2. The number of fused-ring (bicyclic) bond motifs is 1. The minimum Gasteiger partial charge on any atom is -0.496 e. The van der Waals surface area contributed by atoms with Gasteiger partial charge in [-0.25, -0.2) is 0 Å². The molecule has 0 saturated carbocycles. The molecule has 2 amide bonds. The van der Waals surface area contributed by atoms with Crippen molar-refractivity contribution >= 4 is 45.9 Å². The summed E-state index contributed by atoms with van der Waals surface area (Å²) in [7, 11) is 1.62. The standard InChI is InChI=1S/C31H33Cl2N3O4/c1-39-28-10-5-2-7-21(28)12-15-30(37)35-20-24(17-22-19-34-27-9-4-3-8-25(22)27)36-31(38)11-6-16-40-29-14-13-23(32)18-26(29)33/h2-5,7-10,13-14,18-19,24,34H,6,11-12,15-17,20H2,1H3,(H,35,37)(H,36,38). The molecule has 7 nitrogen and oxygen atoms in total. The highest BCUT2D eigenvalue weighted by Gasteiger charge is 2.17. The highest BCUT2D eigenvalue weighted by atomic mass is 35.5. The molecule has 210 valence electrons. The minimum absolute atomic E-state index is 0.0858. The van der Waals surface area contributed by atoms with Gasteiger partial charge in [0.25, 0.3) is 0 Å². The Morgan fingerprint density at radius 1 is 0.925 bits per heavy atom. The van der Waals surface area contributed by atoms with Crippen molar-refractivity contribution in [2.45, 2.75) is 38.1 Å². The first-order valence-electron chi connectivity index (χ1n) is 13.2. The van der Waals surface area contributed by atoms with E-state index in [9.17, 15) is 9.59 Å². The lowest BCUT2D eigenvalue weighted by Crippen LogP contribution is -2.45. The van der Waals surface area contributed by atoms with E-state index in [1.807, 2.05) is 54.7 Å². The fourth-order valence-corrected chi connectivity index (χ4v) is 4.99. The third-order valence-corrected chi connectivity index (χ3v) is 7.10. The van der Waals surface area contributed by atoms with Crippen molar-refractivity contribution in [3.63, 3.8) is 0 Å². The van der Waals surface area contributed by atoms with Crippen molar-refractivity contribution < 1.29 is 19.1 Å². The Bertz CT molecular complexity index is 1440.